The maximum absolute atomic E-state index is 13.0. The summed E-state index contributed by atoms with van der Waals surface area (Å²) in [7, 11) is -1.10. The van der Waals surface area contributed by atoms with Gasteiger partial charge in [-0.3, -0.25) is 18.7 Å². The van der Waals surface area contributed by atoms with Gasteiger partial charge in [-0.05, 0) is 49.1 Å². The van der Waals surface area contributed by atoms with Crippen LogP contribution in [0.25, 0.3) is 11.0 Å². The Balaban J connectivity index is 1.87. The summed E-state index contributed by atoms with van der Waals surface area (Å²) in [5, 5.41) is 2.66. The van der Waals surface area contributed by atoms with Gasteiger partial charge in [0.05, 0.1) is 15.9 Å². The summed E-state index contributed by atoms with van der Waals surface area (Å²) < 4.78 is 30.7. The lowest BCUT2D eigenvalue weighted by molar-refractivity contribution is -0.121. The maximum atomic E-state index is 13.0. The number of fused-ring (bicyclic) bond motifs is 1. The Kier molecular flexibility index (Phi) is 6.78. The third-order valence-corrected chi connectivity index (χ3v) is 6.85. The van der Waals surface area contributed by atoms with Gasteiger partial charge in [-0.2, -0.15) is 0 Å². The predicted octanol–water partition coefficient (Wildman–Crippen LogP) is 1.84. The van der Waals surface area contributed by atoms with Crippen LogP contribution in [0.4, 0.5) is 0 Å². The molecule has 2 N–H and O–H groups in total. The summed E-state index contributed by atoms with van der Waals surface area (Å²) in [5.74, 6) is -1.25. The molecule has 9 nitrogen and oxygen atoms in total. The first-order valence-electron chi connectivity index (χ1n) is 10.5. The van der Waals surface area contributed by atoms with Crippen molar-refractivity contribution in [1.29, 1.82) is 0 Å². The Morgan fingerprint density at radius 1 is 1.00 bits per heavy atom. The van der Waals surface area contributed by atoms with Crippen LogP contribution in [0, 0.1) is 12.8 Å². The minimum Gasteiger partial charge on any atom is -0.340 e. The summed E-state index contributed by atoms with van der Waals surface area (Å²) in [4.78, 5) is 37.7. The monoisotopic (exact) mass is 472 g/mol. The van der Waals surface area contributed by atoms with Gasteiger partial charge in [0.2, 0.25) is 0 Å². The molecule has 1 heterocycles. The lowest BCUT2D eigenvalue weighted by Crippen LogP contribution is -2.49. The lowest BCUT2D eigenvalue weighted by atomic mass is 10.0. The number of imidazole rings is 1. The van der Waals surface area contributed by atoms with Gasteiger partial charge in [0.1, 0.15) is 6.04 Å². The minimum atomic E-state index is -4.24. The van der Waals surface area contributed by atoms with E-state index in [4.69, 9.17) is 0 Å². The Bertz CT molecular complexity index is 1390. The van der Waals surface area contributed by atoms with Crippen LogP contribution in [0.3, 0.4) is 0 Å². The molecular formula is C23H28N4O5S. The van der Waals surface area contributed by atoms with E-state index in [-0.39, 0.29) is 22.9 Å². The highest BCUT2D eigenvalue weighted by molar-refractivity contribution is 7.90. The first kappa shape index (κ1) is 24.2. The van der Waals surface area contributed by atoms with Crippen molar-refractivity contribution >= 4 is 32.9 Å². The first-order chi connectivity index (χ1) is 15.4. The summed E-state index contributed by atoms with van der Waals surface area (Å²) in [5.41, 5.74) is 1.85. The fraction of sp³-hybridized carbons (Fsp3) is 0.348. The van der Waals surface area contributed by atoms with Gasteiger partial charge in [-0.1, -0.05) is 32.0 Å². The highest BCUT2D eigenvalue weighted by Gasteiger charge is 2.28. The number of hydrogen-bond acceptors (Lipinski definition) is 5. The van der Waals surface area contributed by atoms with Crippen LogP contribution >= 0.6 is 0 Å². The van der Waals surface area contributed by atoms with Crippen molar-refractivity contribution in [3.63, 3.8) is 0 Å². The van der Waals surface area contributed by atoms with Crippen LogP contribution in [0.15, 0.2) is 52.2 Å². The molecular weight excluding hydrogens is 444 g/mol. The average Bonchev–Trinajstić information content (AvgIpc) is 2.96. The molecule has 0 saturated heterocycles. The molecule has 0 aliphatic rings. The molecule has 0 saturated carbocycles. The number of hydrogen-bond donors (Lipinski definition) is 2. The molecule has 33 heavy (non-hydrogen) atoms. The van der Waals surface area contributed by atoms with E-state index in [1.807, 2.05) is 13.8 Å². The molecule has 2 amide bonds. The third kappa shape index (κ3) is 5.00. The van der Waals surface area contributed by atoms with Gasteiger partial charge >= 0.3 is 5.69 Å². The van der Waals surface area contributed by atoms with Crippen LogP contribution in [0.1, 0.15) is 36.2 Å². The third-order valence-electron chi connectivity index (χ3n) is 5.51. The van der Waals surface area contributed by atoms with Crippen molar-refractivity contribution in [2.24, 2.45) is 20.0 Å². The predicted molar refractivity (Wildman–Crippen MR) is 125 cm³/mol. The molecule has 0 fully saturated rings. The average molecular weight is 473 g/mol. The van der Waals surface area contributed by atoms with Gasteiger partial charge in [0.15, 0.2) is 0 Å². The van der Waals surface area contributed by atoms with Crippen LogP contribution in [-0.2, 0) is 28.9 Å². The Morgan fingerprint density at radius 3 is 2.27 bits per heavy atom. The quantitative estimate of drug-likeness (QED) is 0.544. The molecule has 176 valence electrons. The van der Waals surface area contributed by atoms with Crippen molar-refractivity contribution < 1.29 is 18.0 Å². The van der Waals surface area contributed by atoms with Crippen LogP contribution in [0.5, 0.6) is 0 Å². The molecule has 0 aliphatic heterocycles. The molecule has 0 aliphatic carbocycles. The Hall–Kier alpha value is -3.40. The standard InChI is InChI=1S/C23H28N4O5S/c1-14(2)12-18(24-21(28)17-9-7-6-8-15(17)3)22(29)25-33(31,32)16-10-11-19-20(13-16)27(5)23(30)26(19)4/h6-11,13-14,18H,12H2,1-5H3,(H,24,28)(H,25,29). The zero-order chi connectivity index (χ0) is 24.5. The highest BCUT2D eigenvalue weighted by atomic mass is 32.2. The van der Waals surface area contributed by atoms with E-state index in [1.165, 1.54) is 27.3 Å². The molecule has 0 bridgehead atoms. The van der Waals surface area contributed by atoms with Crippen molar-refractivity contribution in [1.82, 2.24) is 19.2 Å². The Morgan fingerprint density at radius 2 is 1.64 bits per heavy atom. The second kappa shape index (κ2) is 9.22. The number of benzene rings is 2. The van der Waals surface area contributed by atoms with E-state index in [0.717, 1.165) is 5.56 Å². The van der Waals surface area contributed by atoms with E-state index in [1.54, 1.807) is 45.3 Å². The second-order valence-electron chi connectivity index (χ2n) is 8.49. The van der Waals surface area contributed by atoms with Gasteiger partial charge in [0, 0.05) is 19.7 Å². The number of aryl methyl sites for hydroxylation is 3. The van der Waals surface area contributed by atoms with E-state index < -0.39 is 27.9 Å². The number of rotatable bonds is 7. The number of amides is 2. The number of carbonyl (C=O) groups is 2. The van der Waals surface area contributed by atoms with Crippen molar-refractivity contribution in [3.8, 4) is 0 Å². The SMILES string of the molecule is Cc1ccccc1C(=O)NC(CC(C)C)C(=O)NS(=O)(=O)c1ccc2c(c1)n(C)c(=O)n2C. The molecule has 0 spiro atoms. The van der Waals surface area contributed by atoms with E-state index in [2.05, 4.69) is 10.0 Å². The molecule has 1 unspecified atom stereocenters. The summed E-state index contributed by atoms with van der Waals surface area (Å²) in [6.45, 7) is 5.53. The van der Waals surface area contributed by atoms with E-state index in [9.17, 15) is 22.8 Å². The number of carbonyl (C=O) groups excluding carboxylic acids is 2. The zero-order valence-electron chi connectivity index (χ0n) is 19.2. The minimum absolute atomic E-state index is 0.0239. The Labute approximate surface area is 192 Å². The highest BCUT2D eigenvalue weighted by Crippen LogP contribution is 2.18. The van der Waals surface area contributed by atoms with Crippen molar-refractivity contribution in [2.45, 2.75) is 38.1 Å². The fourth-order valence-electron chi connectivity index (χ4n) is 3.68. The number of sulfonamides is 1. The molecule has 3 rings (SSSR count). The molecule has 2 aromatic carbocycles. The molecule has 1 atom stereocenters. The second-order valence-corrected chi connectivity index (χ2v) is 10.2. The van der Waals surface area contributed by atoms with Crippen LogP contribution in [0.2, 0.25) is 0 Å². The molecule has 10 heteroatoms. The van der Waals surface area contributed by atoms with Crippen LogP contribution in [-0.4, -0.2) is 35.4 Å². The van der Waals surface area contributed by atoms with E-state index in [0.29, 0.717) is 16.6 Å². The summed E-state index contributed by atoms with van der Waals surface area (Å²) in [6.07, 6.45) is 0.255. The van der Waals surface area contributed by atoms with Crippen LogP contribution < -0.4 is 15.7 Å². The van der Waals surface area contributed by atoms with Crippen molar-refractivity contribution in [3.05, 3.63) is 64.1 Å². The number of nitrogens with one attached hydrogen (secondary N) is 2. The van der Waals surface area contributed by atoms with Gasteiger partial charge in [-0.25, -0.2) is 17.9 Å². The smallest absolute Gasteiger partial charge is 0.328 e. The molecule has 0 radical (unpaired) electrons. The normalized spacial score (nSPS) is 12.7. The molecule has 1 aromatic heterocycles. The molecule has 3 aromatic rings. The first-order valence-corrected chi connectivity index (χ1v) is 12.0. The van der Waals surface area contributed by atoms with Gasteiger partial charge in [-0.15, -0.1) is 0 Å². The topological polar surface area (TPSA) is 119 Å². The van der Waals surface area contributed by atoms with E-state index >= 15 is 0 Å². The summed E-state index contributed by atoms with van der Waals surface area (Å²) in [6, 6.07) is 10.1. The van der Waals surface area contributed by atoms with Gasteiger partial charge < -0.3 is 5.32 Å². The zero-order valence-corrected chi connectivity index (χ0v) is 20.1. The number of nitrogens with zero attached hydrogens (tertiary/aromatic N) is 2. The van der Waals surface area contributed by atoms with Gasteiger partial charge in [0.25, 0.3) is 21.8 Å². The maximum Gasteiger partial charge on any atom is 0.328 e. The number of aromatic nitrogens is 2. The lowest BCUT2D eigenvalue weighted by Gasteiger charge is -2.20. The summed E-state index contributed by atoms with van der Waals surface area (Å²) >= 11 is 0. The van der Waals surface area contributed by atoms with Crippen molar-refractivity contribution in [2.75, 3.05) is 0 Å². The fourth-order valence-corrected chi connectivity index (χ4v) is 4.72. The largest absolute Gasteiger partial charge is 0.340 e.